The quantitative estimate of drug-likeness (QED) is 0.445. The fourth-order valence-corrected chi connectivity index (χ4v) is 4.69. The fraction of sp³-hybridized carbons (Fsp3) is 0.400. The van der Waals surface area contributed by atoms with Crippen LogP contribution in [0, 0.1) is 5.41 Å². The molecule has 0 saturated heterocycles. The van der Waals surface area contributed by atoms with Crippen LogP contribution in [0.15, 0.2) is 59.4 Å². The van der Waals surface area contributed by atoms with Gasteiger partial charge in [0, 0.05) is 12.1 Å². The Morgan fingerprint density at radius 2 is 2.00 bits per heavy atom. The third kappa shape index (κ3) is 5.66. The smallest absolute Gasteiger partial charge is 0.328 e. The van der Waals surface area contributed by atoms with Crippen LogP contribution in [-0.4, -0.2) is 21.2 Å². The molecule has 1 fully saturated rings. The second-order valence-corrected chi connectivity index (χ2v) is 9.49. The zero-order valence-corrected chi connectivity index (χ0v) is 18.7. The van der Waals surface area contributed by atoms with E-state index in [2.05, 4.69) is 51.8 Å². The number of aromatic nitrogens is 3. The molecule has 1 heterocycles. The maximum atomic E-state index is 12.8. The van der Waals surface area contributed by atoms with Crippen molar-refractivity contribution >= 4 is 11.7 Å². The van der Waals surface area contributed by atoms with Crippen LogP contribution in [-0.2, 0) is 6.42 Å². The lowest BCUT2D eigenvalue weighted by atomic mass is 9.70. The van der Waals surface area contributed by atoms with Gasteiger partial charge in [-0.3, -0.25) is 4.98 Å². The maximum Gasteiger partial charge on any atom is 0.340 e. The minimum Gasteiger partial charge on any atom is -0.328 e. The molecule has 32 heavy (non-hydrogen) atoms. The van der Waals surface area contributed by atoms with Crippen LogP contribution in [0.25, 0.3) is 0 Å². The van der Waals surface area contributed by atoms with Crippen molar-refractivity contribution in [3.63, 3.8) is 0 Å². The lowest BCUT2D eigenvalue weighted by Gasteiger charge is -2.35. The Kier molecular flexibility index (Phi) is 6.44. The number of amides is 2. The first kappa shape index (κ1) is 21.9. The summed E-state index contributed by atoms with van der Waals surface area (Å²) in [5.74, 6) is 0.913. The number of H-pyrrole nitrogens is 2. The molecule has 0 radical (unpaired) electrons. The summed E-state index contributed by atoms with van der Waals surface area (Å²) in [6.07, 6.45) is 5.35. The van der Waals surface area contributed by atoms with Gasteiger partial charge >= 0.3 is 11.7 Å². The topological polar surface area (TPSA) is 103 Å². The predicted molar refractivity (Wildman–Crippen MR) is 126 cm³/mol. The molecule has 2 unspecified atom stereocenters. The number of nitrogens with zero attached hydrogens (tertiary/aromatic N) is 1. The molecule has 4 rings (SSSR count). The fourth-order valence-electron chi connectivity index (χ4n) is 4.69. The molecule has 1 saturated carbocycles. The zero-order chi connectivity index (χ0) is 22.6. The molecule has 7 heteroatoms. The highest BCUT2D eigenvalue weighted by Gasteiger charge is 2.29. The minimum absolute atomic E-state index is 0.337. The number of anilines is 1. The second-order valence-electron chi connectivity index (χ2n) is 9.49. The molecule has 1 aliphatic rings. The number of nitrogens with one attached hydrogen (secondary N) is 4. The van der Waals surface area contributed by atoms with Crippen molar-refractivity contribution in [1.29, 1.82) is 0 Å². The largest absolute Gasteiger partial charge is 0.340 e. The number of aromatic amines is 2. The van der Waals surface area contributed by atoms with E-state index in [1.54, 1.807) is 0 Å². The van der Waals surface area contributed by atoms with E-state index in [1.165, 1.54) is 24.8 Å². The summed E-state index contributed by atoms with van der Waals surface area (Å²) in [6.45, 7) is 4.67. The Labute approximate surface area is 188 Å². The summed E-state index contributed by atoms with van der Waals surface area (Å²) in [7, 11) is 0. The Bertz CT molecular complexity index is 1100. The summed E-state index contributed by atoms with van der Waals surface area (Å²) in [5.41, 5.74) is 3.02. The second kappa shape index (κ2) is 9.42. The summed E-state index contributed by atoms with van der Waals surface area (Å²) < 4.78 is 0. The van der Waals surface area contributed by atoms with Crippen LogP contribution in [0.5, 0.6) is 0 Å². The van der Waals surface area contributed by atoms with Gasteiger partial charge < -0.3 is 10.6 Å². The first-order valence-electron chi connectivity index (χ1n) is 11.2. The predicted octanol–water partition coefficient (Wildman–Crippen LogP) is 4.89. The molecule has 2 aromatic carbocycles. The van der Waals surface area contributed by atoms with Crippen molar-refractivity contribution in [2.45, 2.75) is 57.9 Å². The molecule has 168 valence electrons. The number of urea groups is 1. The van der Waals surface area contributed by atoms with Crippen LogP contribution in [0.2, 0.25) is 0 Å². The summed E-state index contributed by atoms with van der Waals surface area (Å²) >= 11 is 0. The molecule has 2 amide bonds. The van der Waals surface area contributed by atoms with Crippen molar-refractivity contribution in [1.82, 2.24) is 20.5 Å². The summed E-state index contributed by atoms with van der Waals surface area (Å²) in [4.78, 5) is 27.0. The third-order valence-electron chi connectivity index (χ3n) is 6.26. The number of carbonyl (C=O) groups excluding carboxylic acids is 1. The van der Waals surface area contributed by atoms with E-state index in [4.69, 9.17) is 0 Å². The normalized spacial score (nSPS) is 18.6. The maximum absolute atomic E-state index is 12.8. The van der Waals surface area contributed by atoms with E-state index in [0.29, 0.717) is 23.6 Å². The number of rotatable bonds is 6. The van der Waals surface area contributed by atoms with Gasteiger partial charge in [-0.1, -0.05) is 62.7 Å². The number of hydrogen-bond donors (Lipinski definition) is 4. The molecule has 0 bridgehead atoms. The Balaban J connectivity index is 1.45. The highest BCUT2D eigenvalue weighted by atomic mass is 16.2. The van der Waals surface area contributed by atoms with Gasteiger partial charge in [0.2, 0.25) is 0 Å². The van der Waals surface area contributed by atoms with Crippen molar-refractivity contribution < 1.29 is 4.79 Å². The van der Waals surface area contributed by atoms with E-state index < -0.39 is 11.7 Å². The van der Waals surface area contributed by atoms with Gasteiger partial charge in [-0.2, -0.15) is 5.10 Å². The van der Waals surface area contributed by atoms with Gasteiger partial charge in [0.1, 0.15) is 0 Å². The van der Waals surface area contributed by atoms with E-state index in [9.17, 15) is 9.59 Å². The van der Waals surface area contributed by atoms with Gasteiger partial charge in [0.05, 0.1) is 6.04 Å². The molecule has 0 spiro atoms. The van der Waals surface area contributed by atoms with Gasteiger partial charge in [-0.15, -0.1) is 0 Å². The number of benzene rings is 2. The molecule has 2 atom stereocenters. The van der Waals surface area contributed by atoms with Crippen LogP contribution < -0.4 is 16.3 Å². The van der Waals surface area contributed by atoms with E-state index in [0.717, 1.165) is 17.7 Å². The lowest BCUT2D eigenvalue weighted by Crippen LogP contribution is -2.34. The van der Waals surface area contributed by atoms with Crippen LogP contribution >= 0.6 is 0 Å². The summed E-state index contributed by atoms with van der Waals surface area (Å²) in [6, 6.07) is 17.1. The van der Waals surface area contributed by atoms with Crippen LogP contribution in [0.3, 0.4) is 0 Å². The lowest BCUT2D eigenvalue weighted by molar-refractivity contribution is 0.219. The standard InChI is InChI=1S/C25H31N5O2/c1-25(2)13-7-11-19(16-25)18-10-6-12-20(15-18)26-23(31)27-21(22-28-24(32)30-29-22)14-17-8-4-3-5-9-17/h3-6,8-10,12,15,19,21H,7,11,13-14,16H2,1-2H3,(H2,26,27,31)(H2,28,29,30,32). The Hall–Kier alpha value is -3.35. The molecule has 3 aromatic rings. The van der Waals surface area contributed by atoms with E-state index in [-0.39, 0.29) is 6.03 Å². The summed E-state index contributed by atoms with van der Waals surface area (Å²) in [5, 5.41) is 12.3. The third-order valence-corrected chi connectivity index (χ3v) is 6.26. The first-order valence-corrected chi connectivity index (χ1v) is 11.2. The van der Waals surface area contributed by atoms with Crippen molar-refractivity contribution in [3.8, 4) is 0 Å². The highest BCUT2D eigenvalue weighted by molar-refractivity contribution is 5.89. The van der Waals surface area contributed by atoms with Crippen molar-refractivity contribution in [2.75, 3.05) is 5.32 Å². The number of hydrogen-bond acceptors (Lipinski definition) is 3. The highest BCUT2D eigenvalue weighted by Crippen LogP contribution is 2.43. The van der Waals surface area contributed by atoms with Crippen LogP contribution in [0.4, 0.5) is 10.5 Å². The van der Waals surface area contributed by atoms with Gasteiger partial charge in [-0.05, 0) is 53.9 Å². The van der Waals surface area contributed by atoms with Gasteiger partial charge in [0.25, 0.3) is 0 Å². The molecular formula is C25H31N5O2. The Morgan fingerprint density at radius 1 is 1.19 bits per heavy atom. The van der Waals surface area contributed by atoms with Crippen molar-refractivity contribution in [2.24, 2.45) is 5.41 Å². The average molecular weight is 434 g/mol. The van der Waals surface area contributed by atoms with Crippen molar-refractivity contribution in [3.05, 3.63) is 82.0 Å². The van der Waals surface area contributed by atoms with Gasteiger partial charge in [-0.25, -0.2) is 14.7 Å². The monoisotopic (exact) mass is 433 g/mol. The molecular weight excluding hydrogens is 402 g/mol. The average Bonchev–Trinajstić information content (AvgIpc) is 3.20. The zero-order valence-electron chi connectivity index (χ0n) is 18.7. The molecule has 0 aliphatic heterocycles. The first-order chi connectivity index (χ1) is 15.4. The Morgan fingerprint density at radius 3 is 2.72 bits per heavy atom. The van der Waals surface area contributed by atoms with Crippen LogP contribution in [0.1, 0.15) is 68.4 Å². The SMILES string of the molecule is CC1(C)CCCC(c2cccc(NC(=O)NC(Cc3ccccc3)c3n[nH]c(=O)[nH]3)c2)C1. The molecule has 1 aliphatic carbocycles. The van der Waals surface area contributed by atoms with E-state index >= 15 is 0 Å². The number of carbonyl (C=O) groups is 1. The molecule has 7 nitrogen and oxygen atoms in total. The molecule has 1 aromatic heterocycles. The molecule has 4 N–H and O–H groups in total. The minimum atomic E-state index is -0.473. The van der Waals surface area contributed by atoms with E-state index in [1.807, 2.05) is 42.5 Å². The van der Waals surface area contributed by atoms with Gasteiger partial charge in [0.15, 0.2) is 5.82 Å².